The highest BCUT2D eigenvalue weighted by Gasteiger charge is 2.35. The summed E-state index contributed by atoms with van der Waals surface area (Å²) < 4.78 is 30.8. The van der Waals surface area contributed by atoms with Crippen molar-refractivity contribution in [2.24, 2.45) is 5.73 Å². The molecular weight excluding hydrogens is 448 g/mol. The number of carbonyl (C=O) groups excluding carboxylic acids is 2. The summed E-state index contributed by atoms with van der Waals surface area (Å²) in [6.07, 6.45) is 1.11. The average molecular weight is 477 g/mol. The number of primary amides is 1. The molecule has 1 fully saturated rings. The Hall–Kier alpha value is -2.99. The van der Waals surface area contributed by atoms with Crippen LogP contribution in [0.2, 0.25) is 0 Å². The van der Waals surface area contributed by atoms with E-state index in [0.717, 1.165) is 17.4 Å². The molecule has 11 heteroatoms. The molecule has 1 aliphatic rings. The molecular formula is C22H28N4O6S. The first kappa shape index (κ1) is 24.6. The van der Waals surface area contributed by atoms with E-state index in [1.54, 1.807) is 22.5 Å². The Balaban J connectivity index is 1.84. The van der Waals surface area contributed by atoms with Crippen LogP contribution in [-0.4, -0.2) is 66.7 Å². The van der Waals surface area contributed by atoms with Gasteiger partial charge < -0.3 is 10.5 Å². The first-order chi connectivity index (χ1) is 15.6. The van der Waals surface area contributed by atoms with E-state index < -0.39 is 27.9 Å². The minimum Gasteiger partial charge on any atom is -0.489 e. The average Bonchev–Trinajstić information content (AvgIpc) is 3.26. The number of aryl methyl sites for hydroxylation is 1. The molecule has 1 aliphatic heterocycles. The molecule has 0 spiro atoms. The van der Waals surface area contributed by atoms with Crippen LogP contribution in [0.3, 0.4) is 0 Å². The lowest BCUT2D eigenvalue weighted by molar-refractivity contribution is -0.134. The second-order valence-electron chi connectivity index (χ2n) is 8.05. The Morgan fingerprint density at radius 2 is 1.97 bits per heavy atom. The molecule has 10 nitrogen and oxygen atoms in total. The van der Waals surface area contributed by atoms with Crippen LogP contribution in [0.5, 0.6) is 5.75 Å². The van der Waals surface area contributed by atoms with E-state index >= 15 is 0 Å². The maximum Gasteiger partial charge on any atom is 0.261 e. The number of hydrogen-bond donors (Lipinski definition) is 3. The summed E-state index contributed by atoms with van der Waals surface area (Å²) >= 11 is 0. The van der Waals surface area contributed by atoms with Gasteiger partial charge in [0.25, 0.3) is 5.91 Å². The van der Waals surface area contributed by atoms with Gasteiger partial charge in [-0.3, -0.25) is 19.7 Å². The van der Waals surface area contributed by atoms with Gasteiger partial charge in [0.1, 0.15) is 12.4 Å². The van der Waals surface area contributed by atoms with Crippen LogP contribution in [0.25, 0.3) is 0 Å². The normalized spacial score (nSPS) is 15.8. The van der Waals surface area contributed by atoms with Crippen molar-refractivity contribution in [3.8, 4) is 5.75 Å². The second-order valence-corrected chi connectivity index (χ2v) is 10.0. The third-order valence-corrected chi connectivity index (χ3v) is 6.78. The molecule has 0 saturated carbocycles. The lowest BCUT2D eigenvalue weighted by Gasteiger charge is -2.26. The van der Waals surface area contributed by atoms with Gasteiger partial charge >= 0.3 is 0 Å². The highest BCUT2D eigenvalue weighted by Crippen LogP contribution is 2.23. The fourth-order valence-electron chi connectivity index (χ4n) is 3.82. The minimum atomic E-state index is -3.44. The number of rotatable bonds is 9. The Labute approximate surface area is 192 Å². The van der Waals surface area contributed by atoms with E-state index in [-0.39, 0.29) is 25.2 Å². The third-order valence-electron chi connectivity index (χ3n) is 5.54. The smallest absolute Gasteiger partial charge is 0.261 e. The zero-order chi connectivity index (χ0) is 24.2. The first-order valence-corrected chi connectivity index (χ1v) is 12.2. The maximum atomic E-state index is 12.5. The monoisotopic (exact) mass is 476 g/mol. The van der Waals surface area contributed by atoms with Gasteiger partial charge in [0, 0.05) is 18.7 Å². The van der Waals surface area contributed by atoms with Crippen molar-refractivity contribution < 1.29 is 28.0 Å². The topological polar surface area (TPSA) is 142 Å². The molecule has 1 saturated heterocycles. The molecule has 3 rings (SSSR count). The zero-order valence-corrected chi connectivity index (χ0v) is 19.3. The molecule has 0 aromatic heterocycles. The van der Waals surface area contributed by atoms with Crippen molar-refractivity contribution in [3.63, 3.8) is 0 Å². The number of carbonyl (C=O) groups is 2. The minimum absolute atomic E-state index is 0.00757. The van der Waals surface area contributed by atoms with Crippen LogP contribution in [0.4, 0.5) is 0 Å². The summed E-state index contributed by atoms with van der Waals surface area (Å²) in [5.74, 6) is -0.900. The van der Waals surface area contributed by atoms with Crippen molar-refractivity contribution in [1.29, 1.82) is 0 Å². The van der Waals surface area contributed by atoms with Crippen molar-refractivity contribution in [1.82, 2.24) is 14.7 Å². The number of benzene rings is 2. The van der Waals surface area contributed by atoms with Gasteiger partial charge in [-0.05, 0) is 42.7 Å². The lowest BCUT2D eigenvalue weighted by Crippen LogP contribution is -2.47. The van der Waals surface area contributed by atoms with E-state index in [9.17, 15) is 23.2 Å². The Morgan fingerprint density at radius 1 is 1.21 bits per heavy atom. The van der Waals surface area contributed by atoms with E-state index in [2.05, 4.69) is 0 Å². The summed E-state index contributed by atoms with van der Waals surface area (Å²) in [5.41, 5.74) is 9.92. The number of nitrogens with one attached hydrogen (secondary N) is 1. The fraction of sp³-hybridized carbons (Fsp3) is 0.364. The summed E-state index contributed by atoms with van der Waals surface area (Å²) in [4.78, 5) is 26.1. The SMILES string of the molecule is Cc1cccc(COc2ccc(C(N)=O)c(C[C@@H](C(=O)NO)N3CCN(S(C)(=O)=O)C3)c2)c1. The van der Waals surface area contributed by atoms with Gasteiger partial charge in [-0.1, -0.05) is 29.8 Å². The molecule has 0 radical (unpaired) electrons. The molecule has 0 unspecified atom stereocenters. The fourth-order valence-corrected chi connectivity index (χ4v) is 4.59. The largest absolute Gasteiger partial charge is 0.489 e. The van der Waals surface area contributed by atoms with Crippen molar-refractivity contribution in [2.75, 3.05) is 26.0 Å². The summed E-state index contributed by atoms with van der Waals surface area (Å²) in [5, 5.41) is 9.26. The van der Waals surface area contributed by atoms with Crippen LogP contribution in [0.15, 0.2) is 42.5 Å². The Bertz CT molecular complexity index is 1140. The number of amides is 2. The van der Waals surface area contributed by atoms with Gasteiger partial charge in [-0.25, -0.2) is 13.9 Å². The molecule has 0 bridgehead atoms. The standard InChI is InChI=1S/C22H28N4O6S/c1-15-4-3-5-16(10-15)13-32-18-6-7-19(21(23)27)17(11-18)12-20(22(28)24-29)25-8-9-26(14-25)33(2,30)31/h3-7,10-11,20,29H,8-9,12-14H2,1-2H3,(H2,23,27)(H,24,28)/t20-/m0/s1. The molecule has 4 N–H and O–H groups in total. The van der Waals surface area contributed by atoms with Gasteiger partial charge in [0.2, 0.25) is 15.9 Å². The summed E-state index contributed by atoms with van der Waals surface area (Å²) in [6, 6.07) is 11.7. The highest BCUT2D eigenvalue weighted by molar-refractivity contribution is 7.88. The van der Waals surface area contributed by atoms with Crippen molar-refractivity contribution in [2.45, 2.75) is 26.0 Å². The van der Waals surface area contributed by atoms with Crippen LogP contribution in [-0.2, 0) is 27.8 Å². The number of ether oxygens (including phenoxy) is 1. The molecule has 2 amide bonds. The molecule has 2 aromatic carbocycles. The third kappa shape index (κ3) is 6.29. The number of nitrogens with zero attached hydrogens (tertiary/aromatic N) is 2. The molecule has 178 valence electrons. The Kier molecular flexibility index (Phi) is 7.69. The van der Waals surface area contributed by atoms with Crippen molar-refractivity contribution >= 4 is 21.8 Å². The van der Waals surface area contributed by atoms with E-state index in [4.69, 9.17) is 10.5 Å². The molecule has 0 aliphatic carbocycles. The molecule has 1 heterocycles. The molecule has 2 aromatic rings. The predicted molar refractivity (Wildman–Crippen MR) is 121 cm³/mol. The number of nitrogens with two attached hydrogens (primary N) is 1. The van der Waals surface area contributed by atoms with Gasteiger partial charge in [-0.2, -0.15) is 4.31 Å². The quantitative estimate of drug-likeness (QED) is 0.356. The lowest BCUT2D eigenvalue weighted by atomic mass is 9.98. The van der Waals surface area contributed by atoms with Crippen molar-refractivity contribution in [3.05, 3.63) is 64.7 Å². The highest BCUT2D eigenvalue weighted by atomic mass is 32.2. The zero-order valence-electron chi connectivity index (χ0n) is 18.5. The Morgan fingerprint density at radius 3 is 2.58 bits per heavy atom. The maximum absolute atomic E-state index is 12.5. The van der Waals surface area contributed by atoms with Crippen LogP contribution < -0.4 is 16.0 Å². The van der Waals surface area contributed by atoms with E-state index in [0.29, 0.717) is 24.5 Å². The van der Waals surface area contributed by atoms with Crippen LogP contribution >= 0.6 is 0 Å². The van der Waals surface area contributed by atoms with Crippen LogP contribution in [0, 0.1) is 6.92 Å². The molecule has 33 heavy (non-hydrogen) atoms. The summed E-state index contributed by atoms with van der Waals surface area (Å²) in [7, 11) is -3.44. The van der Waals surface area contributed by atoms with Gasteiger partial charge in [0.15, 0.2) is 0 Å². The number of hydrogen-bond acceptors (Lipinski definition) is 7. The summed E-state index contributed by atoms with van der Waals surface area (Å²) in [6.45, 7) is 2.80. The predicted octanol–water partition coefficient (Wildman–Crippen LogP) is 0.624. The van der Waals surface area contributed by atoms with E-state index in [1.165, 1.54) is 10.4 Å². The number of hydroxylamine groups is 1. The van der Waals surface area contributed by atoms with Gasteiger partial charge in [0.05, 0.1) is 19.0 Å². The first-order valence-electron chi connectivity index (χ1n) is 10.3. The van der Waals surface area contributed by atoms with Crippen LogP contribution in [0.1, 0.15) is 27.0 Å². The number of sulfonamides is 1. The van der Waals surface area contributed by atoms with E-state index in [1.807, 2.05) is 31.2 Å². The second kappa shape index (κ2) is 10.3. The molecule has 1 atom stereocenters. The van der Waals surface area contributed by atoms with Gasteiger partial charge in [-0.15, -0.1) is 0 Å².